The maximum Gasteiger partial charge on any atom is 0.275 e. The van der Waals surface area contributed by atoms with E-state index in [2.05, 4.69) is 21.7 Å². The van der Waals surface area contributed by atoms with Crippen LogP contribution >= 0.6 is 0 Å². The third kappa shape index (κ3) is 4.16. The largest absolute Gasteiger partial charge is 0.275 e. The van der Waals surface area contributed by atoms with E-state index in [1.807, 2.05) is 60.7 Å². The quantitative estimate of drug-likeness (QED) is 0.409. The number of nitrogens with one attached hydrogen (secondary N) is 1. The van der Waals surface area contributed by atoms with Gasteiger partial charge < -0.3 is 0 Å². The highest BCUT2D eigenvalue weighted by Gasteiger charge is 2.18. The third-order valence-corrected chi connectivity index (χ3v) is 4.45. The van der Waals surface area contributed by atoms with Gasteiger partial charge in [0.2, 0.25) is 0 Å². The lowest BCUT2D eigenvalue weighted by atomic mass is 10.1. The van der Waals surface area contributed by atoms with Crippen LogP contribution in [0.1, 0.15) is 21.5 Å². The lowest BCUT2D eigenvalue weighted by molar-refractivity contribution is 0.0955. The standard InChI is InChI=1S/C24H17N5O/c25-15-18-11-13-19(14-12-18)16-26-27-24(30)22-17-29(21-9-5-2-6-10-21)28-23(22)20-7-3-1-4-8-20/h1-14,16-17H,(H,27,30). The summed E-state index contributed by atoms with van der Waals surface area (Å²) in [7, 11) is 0. The Balaban J connectivity index is 1.61. The molecule has 1 aromatic heterocycles. The first-order valence-corrected chi connectivity index (χ1v) is 9.29. The van der Waals surface area contributed by atoms with E-state index in [1.54, 1.807) is 35.1 Å². The van der Waals surface area contributed by atoms with E-state index >= 15 is 0 Å². The van der Waals surface area contributed by atoms with Crippen LogP contribution in [0.5, 0.6) is 0 Å². The molecule has 0 bridgehead atoms. The molecule has 144 valence electrons. The fourth-order valence-corrected chi connectivity index (χ4v) is 2.93. The van der Waals surface area contributed by atoms with Gasteiger partial charge in [0, 0.05) is 11.8 Å². The van der Waals surface area contributed by atoms with Crippen molar-refractivity contribution in [2.45, 2.75) is 0 Å². The summed E-state index contributed by atoms with van der Waals surface area (Å²) in [5.41, 5.74) is 6.60. The van der Waals surface area contributed by atoms with Crippen molar-refractivity contribution in [3.05, 3.63) is 108 Å². The zero-order valence-electron chi connectivity index (χ0n) is 15.9. The fraction of sp³-hybridized carbons (Fsp3) is 0. The Labute approximate surface area is 173 Å². The van der Waals surface area contributed by atoms with Crippen LogP contribution in [0, 0.1) is 11.3 Å². The molecule has 6 nitrogen and oxygen atoms in total. The molecule has 0 radical (unpaired) electrons. The summed E-state index contributed by atoms with van der Waals surface area (Å²) < 4.78 is 1.68. The van der Waals surface area contributed by atoms with Gasteiger partial charge in [-0.1, -0.05) is 60.7 Å². The third-order valence-electron chi connectivity index (χ3n) is 4.45. The van der Waals surface area contributed by atoms with Crippen molar-refractivity contribution in [3.63, 3.8) is 0 Å². The number of hydrogen-bond acceptors (Lipinski definition) is 4. The van der Waals surface area contributed by atoms with E-state index < -0.39 is 0 Å². The molecule has 30 heavy (non-hydrogen) atoms. The summed E-state index contributed by atoms with van der Waals surface area (Å²) in [6, 6.07) is 28.1. The summed E-state index contributed by atoms with van der Waals surface area (Å²) >= 11 is 0. The van der Waals surface area contributed by atoms with Crippen LogP contribution in [0.25, 0.3) is 16.9 Å². The van der Waals surface area contributed by atoms with E-state index in [0.717, 1.165) is 16.8 Å². The van der Waals surface area contributed by atoms with Gasteiger partial charge in [0.05, 0.1) is 29.1 Å². The molecule has 0 fully saturated rings. The van der Waals surface area contributed by atoms with Gasteiger partial charge >= 0.3 is 0 Å². The molecule has 0 unspecified atom stereocenters. The molecule has 1 N–H and O–H groups in total. The average Bonchev–Trinajstić information content (AvgIpc) is 3.26. The van der Waals surface area contributed by atoms with Crippen molar-refractivity contribution in [2.75, 3.05) is 0 Å². The van der Waals surface area contributed by atoms with Crippen LogP contribution < -0.4 is 5.43 Å². The number of hydrogen-bond donors (Lipinski definition) is 1. The molecule has 6 heteroatoms. The lowest BCUT2D eigenvalue weighted by Crippen LogP contribution is -2.17. The average molecular weight is 391 g/mol. The molecule has 4 aromatic rings. The Kier molecular flexibility index (Phi) is 5.45. The number of benzene rings is 3. The van der Waals surface area contributed by atoms with Crippen LogP contribution in [0.15, 0.2) is 96.2 Å². The number of amides is 1. The van der Waals surface area contributed by atoms with Gasteiger partial charge in [-0.15, -0.1) is 0 Å². The number of carbonyl (C=O) groups is 1. The maximum atomic E-state index is 12.9. The van der Waals surface area contributed by atoms with Crippen molar-refractivity contribution < 1.29 is 4.79 Å². The topological polar surface area (TPSA) is 83.1 Å². The molecule has 0 saturated heterocycles. The van der Waals surface area contributed by atoms with Crippen LogP contribution in [-0.4, -0.2) is 21.9 Å². The van der Waals surface area contributed by atoms with Gasteiger partial charge in [0.25, 0.3) is 5.91 Å². The highest BCUT2D eigenvalue weighted by Crippen LogP contribution is 2.23. The summed E-state index contributed by atoms with van der Waals surface area (Å²) in [6.07, 6.45) is 3.23. The number of para-hydroxylation sites is 1. The molecule has 4 rings (SSSR count). The molecule has 0 aliphatic heterocycles. The molecular formula is C24H17N5O. The van der Waals surface area contributed by atoms with Gasteiger partial charge in [0.15, 0.2) is 0 Å². The molecule has 0 atom stereocenters. The van der Waals surface area contributed by atoms with Crippen molar-refractivity contribution >= 4 is 12.1 Å². The van der Waals surface area contributed by atoms with E-state index in [9.17, 15) is 4.79 Å². The van der Waals surface area contributed by atoms with Crippen molar-refractivity contribution in [3.8, 4) is 23.0 Å². The second-order valence-electron chi connectivity index (χ2n) is 6.47. The number of hydrazone groups is 1. The SMILES string of the molecule is N#Cc1ccc(C=NNC(=O)c2cn(-c3ccccc3)nc2-c2ccccc2)cc1. The van der Waals surface area contributed by atoms with Gasteiger partial charge in [0.1, 0.15) is 5.69 Å². The molecule has 0 spiro atoms. The minimum absolute atomic E-state index is 0.360. The monoisotopic (exact) mass is 391 g/mol. The fourth-order valence-electron chi connectivity index (χ4n) is 2.93. The maximum absolute atomic E-state index is 12.9. The Morgan fingerprint density at radius 3 is 2.30 bits per heavy atom. The minimum atomic E-state index is -0.360. The van der Waals surface area contributed by atoms with Crippen LogP contribution in [0.4, 0.5) is 0 Å². The molecule has 0 aliphatic carbocycles. The highest BCUT2D eigenvalue weighted by atomic mass is 16.2. The zero-order chi connectivity index (χ0) is 20.8. The van der Waals surface area contributed by atoms with Gasteiger partial charge in [-0.25, -0.2) is 10.1 Å². The second kappa shape index (κ2) is 8.67. The summed E-state index contributed by atoms with van der Waals surface area (Å²) in [6.45, 7) is 0. The van der Waals surface area contributed by atoms with Crippen LogP contribution in [-0.2, 0) is 0 Å². The van der Waals surface area contributed by atoms with Crippen molar-refractivity contribution in [2.24, 2.45) is 5.10 Å². The zero-order valence-corrected chi connectivity index (χ0v) is 15.9. The van der Waals surface area contributed by atoms with Crippen molar-refractivity contribution in [1.29, 1.82) is 5.26 Å². The van der Waals surface area contributed by atoms with Gasteiger partial charge in [-0.05, 0) is 29.8 Å². The number of nitrogens with zero attached hydrogens (tertiary/aromatic N) is 4. The summed E-state index contributed by atoms with van der Waals surface area (Å²) in [5, 5.41) is 17.5. The Bertz CT molecular complexity index is 1220. The summed E-state index contributed by atoms with van der Waals surface area (Å²) in [5.74, 6) is -0.360. The first kappa shape index (κ1) is 18.8. The normalized spacial score (nSPS) is 10.6. The van der Waals surface area contributed by atoms with Gasteiger partial charge in [-0.2, -0.15) is 15.5 Å². The van der Waals surface area contributed by atoms with E-state index in [4.69, 9.17) is 5.26 Å². The molecular weight excluding hydrogens is 374 g/mol. The predicted molar refractivity (Wildman–Crippen MR) is 115 cm³/mol. The number of rotatable bonds is 5. The Hall–Kier alpha value is -4.50. The van der Waals surface area contributed by atoms with Gasteiger partial charge in [-0.3, -0.25) is 4.79 Å². The van der Waals surface area contributed by atoms with Crippen LogP contribution in [0.2, 0.25) is 0 Å². The first-order valence-electron chi connectivity index (χ1n) is 9.29. The van der Waals surface area contributed by atoms with Crippen molar-refractivity contribution in [1.82, 2.24) is 15.2 Å². The molecule has 3 aromatic carbocycles. The molecule has 0 aliphatic rings. The number of carbonyl (C=O) groups excluding carboxylic acids is 1. The van der Waals surface area contributed by atoms with Crippen LogP contribution in [0.3, 0.4) is 0 Å². The smallest absolute Gasteiger partial charge is 0.267 e. The predicted octanol–water partition coefficient (Wildman–Crippen LogP) is 4.17. The lowest BCUT2D eigenvalue weighted by Gasteiger charge is -2.01. The number of nitriles is 1. The highest BCUT2D eigenvalue weighted by molar-refractivity contribution is 6.00. The minimum Gasteiger partial charge on any atom is -0.267 e. The Morgan fingerprint density at radius 1 is 0.967 bits per heavy atom. The molecule has 1 amide bonds. The number of aromatic nitrogens is 2. The van der Waals surface area contributed by atoms with E-state index in [-0.39, 0.29) is 5.91 Å². The summed E-state index contributed by atoms with van der Waals surface area (Å²) in [4.78, 5) is 12.9. The molecule has 0 saturated carbocycles. The first-order chi connectivity index (χ1) is 14.7. The van der Waals surface area contributed by atoms with E-state index in [1.165, 1.54) is 6.21 Å². The Morgan fingerprint density at radius 2 is 1.63 bits per heavy atom. The van der Waals surface area contributed by atoms with E-state index in [0.29, 0.717) is 16.8 Å². The molecule has 1 heterocycles. The second-order valence-corrected chi connectivity index (χ2v) is 6.47.